The third-order valence-electron chi connectivity index (χ3n) is 4.61. The SMILES string of the molecule is COCCNCCNc1c(C)cnc2c(NC(=O)c3c(Cl)cccc3Cl)cccc12. The molecular formula is C22H24Cl2N4O2. The van der Waals surface area contributed by atoms with Gasteiger partial charge < -0.3 is 20.7 Å². The van der Waals surface area contributed by atoms with Crippen LogP contribution < -0.4 is 16.0 Å². The van der Waals surface area contributed by atoms with Gasteiger partial charge in [0.1, 0.15) is 0 Å². The lowest BCUT2D eigenvalue weighted by atomic mass is 10.1. The van der Waals surface area contributed by atoms with E-state index in [2.05, 4.69) is 20.9 Å². The topological polar surface area (TPSA) is 75.3 Å². The molecule has 0 unspecified atom stereocenters. The number of aryl methyl sites for hydroxylation is 1. The second-order valence-corrected chi connectivity index (χ2v) is 7.55. The van der Waals surface area contributed by atoms with E-state index in [-0.39, 0.29) is 11.5 Å². The number of halogens is 2. The van der Waals surface area contributed by atoms with Crippen LogP contribution in [0.25, 0.3) is 10.9 Å². The standard InChI is InChI=1S/C22H24Cl2N4O2/c1-14-13-27-21-15(20(14)26-10-9-25-11-12-30-2)5-3-8-18(21)28-22(29)19-16(23)6-4-7-17(19)24/h3-8,13,25H,9-12H2,1-2H3,(H,26,27)(H,28,29). The minimum absolute atomic E-state index is 0.241. The van der Waals surface area contributed by atoms with Crippen molar-refractivity contribution in [3.8, 4) is 0 Å². The maximum Gasteiger partial charge on any atom is 0.258 e. The van der Waals surface area contributed by atoms with Crippen LogP contribution in [0.3, 0.4) is 0 Å². The number of aromatic nitrogens is 1. The zero-order valence-corrected chi connectivity index (χ0v) is 18.4. The highest BCUT2D eigenvalue weighted by atomic mass is 35.5. The minimum Gasteiger partial charge on any atom is -0.383 e. The van der Waals surface area contributed by atoms with Crippen molar-refractivity contribution in [2.75, 3.05) is 44.0 Å². The molecule has 0 aliphatic rings. The summed E-state index contributed by atoms with van der Waals surface area (Å²) in [5.41, 5.74) is 3.53. The highest BCUT2D eigenvalue weighted by molar-refractivity contribution is 6.40. The van der Waals surface area contributed by atoms with Crippen LogP contribution in [0.1, 0.15) is 15.9 Å². The molecule has 0 aliphatic carbocycles. The number of para-hydroxylation sites is 1. The van der Waals surface area contributed by atoms with Crippen molar-refractivity contribution in [2.24, 2.45) is 0 Å². The second-order valence-electron chi connectivity index (χ2n) is 6.74. The van der Waals surface area contributed by atoms with Crippen LogP contribution in [0.15, 0.2) is 42.6 Å². The molecule has 0 fully saturated rings. The van der Waals surface area contributed by atoms with E-state index < -0.39 is 0 Å². The summed E-state index contributed by atoms with van der Waals surface area (Å²) < 4.78 is 5.03. The normalized spacial score (nSPS) is 10.9. The first-order valence-electron chi connectivity index (χ1n) is 9.60. The predicted molar refractivity (Wildman–Crippen MR) is 124 cm³/mol. The van der Waals surface area contributed by atoms with Gasteiger partial charge in [-0.3, -0.25) is 9.78 Å². The second kappa shape index (κ2) is 10.6. The van der Waals surface area contributed by atoms with E-state index in [1.807, 2.05) is 25.1 Å². The number of pyridine rings is 1. The molecule has 0 bridgehead atoms. The zero-order chi connectivity index (χ0) is 21.5. The molecule has 2 aromatic carbocycles. The Morgan fingerprint density at radius 2 is 1.80 bits per heavy atom. The lowest BCUT2D eigenvalue weighted by Crippen LogP contribution is -2.25. The molecule has 6 nitrogen and oxygen atoms in total. The maximum absolute atomic E-state index is 12.8. The summed E-state index contributed by atoms with van der Waals surface area (Å²) in [6.07, 6.45) is 1.79. The summed E-state index contributed by atoms with van der Waals surface area (Å²) in [7, 11) is 1.68. The third-order valence-corrected chi connectivity index (χ3v) is 5.24. The van der Waals surface area contributed by atoms with Crippen molar-refractivity contribution < 1.29 is 9.53 Å². The van der Waals surface area contributed by atoms with Gasteiger partial charge in [-0.25, -0.2) is 0 Å². The Bertz CT molecular complexity index is 1020. The molecule has 1 heterocycles. The molecule has 0 spiro atoms. The summed E-state index contributed by atoms with van der Waals surface area (Å²) in [6, 6.07) is 10.6. The number of carbonyl (C=O) groups excluding carboxylic acids is 1. The molecule has 3 N–H and O–H groups in total. The van der Waals surface area contributed by atoms with Crippen molar-refractivity contribution in [1.82, 2.24) is 10.3 Å². The zero-order valence-electron chi connectivity index (χ0n) is 16.9. The first-order chi connectivity index (χ1) is 14.5. The summed E-state index contributed by atoms with van der Waals surface area (Å²) in [5.74, 6) is -0.377. The molecule has 158 valence electrons. The highest BCUT2D eigenvalue weighted by Gasteiger charge is 2.17. The minimum atomic E-state index is -0.377. The van der Waals surface area contributed by atoms with Crippen molar-refractivity contribution in [1.29, 1.82) is 0 Å². The molecular weight excluding hydrogens is 423 g/mol. The first kappa shape index (κ1) is 22.3. The van der Waals surface area contributed by atoms with E-state index in [0.717, 1.165) is 36.3 Å². The van der Waals surface area contributed by atoms with Crippen molar-refractivity contribution in [3.63, 3.8) is 0 Å². The number of ether oxygens (including phenoxy) is 1. The van der Waals surface area contributed by atoms with Crippen molar-refractivity contribution in [3.05, 3.63) is 63.8 Å². The number of hydrogen-bond donors (Lipinski definition) is 3. The number of amides is 1. The van der Waals surface area contributed by atoms with E-state index in [9.17, 15) is 4.79 Å². The van der Waals surface area contributed by atoms with Gasteiger partial charge in [-0.15, -0.1) is 0 Å². The predicted octanol–water partition coefficient (Wildman–Crippen LogP) is 4.75. The van der Waals surface area contributed by atoms with E-state index in [1.54, 1.807) is 31.5 Å². The Hall–Kier alpha value is -2.38. The van der Waals surface area contributed by atoms with E-state index in [1.165, 1.54) is 0 Å². The number of nitrogens with zero attached hydrogens (tertiary/aromatic N) is 1. The molecule has 3 aromatic rings. The van der Waals surface area contributed by atoms with E-state index in [4.69, 9.17) is 27.9 Å². The number of fused-ring (bicyclic) bond motifs is 1. The molecule has 8 heteroatoms. The fourth-order valence-electron chi connectivity index (χ4n) is 3.13. The Morgan fingerprint density at radius 3 is 2.53 bits per heavy atom. The summed E-state index contributed by atoms with van der Waals surface area (Å²) in [4.78, 5) is 17.4. The van der Waals surface area contributed by atoms with Gasteiger partial charge in [-0.05, 0) is 30.7 Å². The fraction of sp³-hybridized carbons (Fsp3) is 0.273. The van der Waals surface area contributed by atoms with Crippen LogP contribution in [0, 0.1) is 6.92 Å². The van der Waals surface area contributed by atoms with Crippen LogP contribution in [-0.2, 0) is 4.74 Å². The van der Waals surface area contributed by atoms with Gasteiger partial charge in [-0.1, -0.05) is 41.4 Å². The lowest BCUT2D eigenvalue weighted by molar-refractivity contribution is 0.102. The first-order valence-corrected chi connectivity index (χ1v) is 10.4. The Morgan fingerprint density at radius 1 is 1.07 bits per heavy atom. The van der Waals surface area contributed by atoms with Gasteiger partial charge >= 0.3 is 0 Å². The van der Waals surface area contributed by atoms with Crippen molar-refractivity contribution >= 4 is 51.4 Å². The molecule has 0 saturated heterocycles. The summed E-state index contributed by atoms with van der Waals surface area (Å²) in [6.45, 7) is 5.02. The number of methoxy groups -OCH3 is 1. The van der Waals surface area contributed by atoms with Crippen LogP contribution in [0.4, 0.5) is 11.4 Å². The molecule has 0 atom stereocenters. The highest BCUT2D eigenvalue weighted by Crippen LogP contribution is 2.31. The number of hydrogen-bond acceptors (Lipinski definition) is 5. The Kier molecular flexibility index (Phi) is 7.87. The molecule has 0 aliphatic heterocycles. The smallest absolute Gasteiger partial charge is 0.258 e. The van der Waals surface area contributed by atoms with Gasteiger partial charge in [-0.2, -0.15) is 0 Å². The van der Waals surface area contributed by atoms with E-state index in [0.29, 0.717) is 27.9 Å². The summed E-state index contributed by atoms with van der Waals surface area (Å²) >= 11 is 12.3. The van der Waals surface area contributed by atoms with Crippen LogP contribution in [0.2, 0.25) is 10.0 Å². The number of benzene rings is 2. The molecule has 3 rings (SSSR count). The average Bonchev–Trinajstić information content (AvgIpc) is 2.72. The van der Waals surface area contributed by atoms with Gasteiger partial charge in [0.05, 0.1) is 33.4 Å². The summed E-state index contributed by atoms with van der Waals surface area (Å²) in [5, 5.41) is 11.2. The van der Waals surface area contributed by atoms with Crippen LogP contribution >= 0.6 is 23.2 Å². The van der Waals surface area contributed by atoms with Gasteiger partial charge in [0.15, 0.2) is 0 Å². The number of anilines is 2. The molecule has 1 aromatic heterocycles. The fourth-order valence-corrected chi connectivity index (χ4v) is 3.70. The van der Waals surface area contributed by atoms with Gasteiger partial charge in [0.2, 0.25) is 0 Å². The molecule has 0 radical (unpaired) electrons. The molecule has 30 heavy (non-hydrogen) atoms. The van der Waals surface area contributed by atoms with Gasteiger partial charge in [0, 0.05) is 44.0 Å². The van der Waals surface area contributed by atoms with Crippen LogP contribution in [-0.4, -0.2) is 44.2 Å². The number of carbonyl (C=O) groups is 1. The Labute approximate surface area is 185 Å². The third kappa shape index (κ3) is 5.21. The van der Waals surface area contributed by atoms with Crippen LogP contribution in [0.5, 0.6) is 0 Å². The van der Waals surface area contributed by atoms with Gasteiger partial charge in [0.25, 0.3) is 5.91 Å². The number of rotatable bonds is 9. The van der Waals surface area contributed by atoms with Crippen molar-refractivity contribution in [2.45, 2.75) is 6.92 Å². The lowest BCUT2D eigenvalue weighted by Gasteiger charge is -2.15. The Balaban J connectivity index is 1.83. The quantitative estimate of drug-likeness (QED) is 0.413. The van der Waals surface area contributed by atoms with E-state index >= 15 is 0 Å². The maximum atomic E-state index is 12.8. The molecule has 1 amide bonds. The average molecular weight is 447 g/mol. The number of nitrogens with one attached hydrogen (secondary N) is 3. The monoisotopic (exact) mass is 446 g/mol. The molecule has 0 saturated carbocycles. The largest absolute Gasteiger partial charge is 0.383 e.